The minimum absolute atomic E-state index is 0.448. The van der Waals surface area contributed by atoms with Crippen LogP contribution in [-0.2, 0) is 18.3 Å². The van der Waals surface area contributed by atoms with Gasteiger partial charge in [0.05, 0.1) is 6.04 Å². The van der Waals surface area contributed by atoms with Crippen LogP contribution < -0.4 is 0 Å². The van der Waals surface area contributed by atoms with Gasteiger partial charge in [-0.25, -0.2) is 4.79 Å². The number of nitrogens with zero attached hydrogens (tertiary/aromatic N) is 1. The normalized spacial score (nSPS) is 21.9. The molecule has 8 heteroatoms. The number of amides is 1. The second-order valence-electron chi connectivity index (χ2n) is 5.70. The first-order valence-corrected chi connectivity index (χ1v) is 8.14. The molecule has 0 aromatic rings. The molecular weight excluding hydrogens is 285 g/mol. The van der Waals surface area contributed by atoms with Gasteiger partial charge in [0.15, 0.2) is 5.85 Å². The first-order valence-electron chi connectivity index (χ1n) is 6.53. The zero-order valence-corrected chi connectivity index (χ0v) is 13.6. The predicted molar refractivity (Wildman–Crippen MR) is 73.6 cm³/mol. The van der Waals surface area contributed by atoms with E-state index in [0.717, 1.165) is 0 Å². The maximum atomic E-state index is 12.2. The summed E-state index contributed by atoms with van der Waals surface area (Å²) in [5, 5.41) is 10.2. The number of aliphatic hydroxyl groups excluding tert-OH is 1. The molecule has 0 saturated carbocycles. The smallest absolute Gasteiger partial charge is 0.410 e. The van der Waals surface area contributed by atoms with E-state index in [1.165, 1.54) is 19.1 Å². The van der Waals surface area contributed by atoms with Crippen molar-refractivity contribution in [2.45, 2.75) is 51.1 Å². The van der Waals surface area contributed by atoms with Crippen LogP contribution in [0.25, 0.3) is 0 Å². The Hall–Kier alpha value is -0.620. The molecule has 1 N–H and O–H groups in total. The van der Waals surface area contributed by atoms with Gasteiger partial charge in [0.1, 0.15) is 5.60 Å². The molecule has 1 unspecified atom stereocenters. The Labute approximate surface area is 119 Å². The van der Waals surface area contributed by atoms with E-state index in [2.05, 4.69) is 0 Å². The largest absolute Gasteiger partial charge is 0.444 e. The summed E-state index contributed by atoms with van der Waals surface area (Å²) >= 11 is 0. The summed E-state index contributed by atoms with van der Waals surface area (Å²) in [5.74, 6) is -1.38. The van der Waals surface area contributed by atoms with Crippen LogP contribution in [0.2, 0.25) is 0 Å². The molecule has 1 aliphatic rings. The molecule has 0 radical (unpaired) electrons. The van der Waals surface area contributed by atoms with E-state index in [-0.39, 0.29) is 0 Å². The number of hydrogen-bond acceptors (Lipinski definition) is 6. The highest BCUT2D eigenvalue weighted by Gasteiger charge is 2.45. The lowest BCUT2D eigenvalue weighted by Crippen LogP contribution is -2.45. The van der Waals surface area contributed by atoms with Crippen LogP contribution >= 0.6 is 7.60 Å². The predicted octanol–water partition coefficient (Wildman–Crippen LogP) is 2.19. The van der Waals surface area contributed by atoms with Crippen molar-refractivity contribution in [1.29, 1.82) is 0 Å². The fourth-order valence-electron chi connectivity index (χ4n) is 2.15. The van der Waals surface area contributed by atoms with Gasteiger partial charge in [-0.2, -0.15) is 0 Å². The molecule has 1 rings (SSSR count). The van der Waals surface area contributed by atoms with E-state index in [1.54, 1.807) is 20.8 Å². The van der Waals surface area contributed by atoms with E-state index in [1.807, 2.05) is 0 Å². The Kier molecular flexibility index (Phi) is 5.61. The molecule has 20 heavy (non-hydrogen) atoms. The molecule has 0 aromatic carbocycles. The van der Waals surface area contributed by atoms with Crippen LogP contribution in [0.1, 0.15) is 33.6 Å². The first-order chi connectivity index (χ1) is 9.14. The molecule has 0 bridgehead atoms. The van der Waals surface area contributed by atoms with Crippen molar-refractivity contribution in [3.63, 3.8) is 0 Å². The second kappa shape index (κ2) is 6.43. The summed E-state index contributed by atoms with van der Waals surface area (Å²) in [6.45, 7) is 5.74. The van der Waals surface area contributed by atoms with Gasteiger partial charge in [-0.15, -0.1) is 0 Å². The Morgan fingerprint density at radius 2 is 1.90 bits per heavy atom. The Balaban J connectivity index is 2.84. The molecule has 1 amide bonds. The number of carbonyl (C=O) groups is 1. The molecule has 0 spiro atoms. The number of ether oxygens (including phenoxy) is 1. The van der Waals surface area contributed by atoms with Crippen molar-refractivity contribution in [2.24, 2.45) is 0 Å². The highest BCUT2D eigenvalue weighted by atomic mass is 31.2. The van der Waals surface area contributed by atoms with Gasteiger partial charge in [-0.05, 0) is 33.6 Å². The summed E-state index contributed by atoms with van der Waals surface area (Å²) in [6, 6.07) is -0.629. The summed E-state index contributed by atoms with van der Waals surface area (Å²) in [7, 11) is -1.23. The van der Waals surface area contributed by atoms with Crippen LogP contribution in [0.4, 0.5) is 4.79 Å². The molecule has 0 aromatic heterocycles. The Morgan fingerprint density at radius 1 is 1.35 bits per heavy atom. The van der Waals surface area contributed by atoms with E-state index in [0.29, 0.717) is 19.4 Å². The third-order valence-electron chi connectivity index (χ3n) is 3.10. The van der Waals surface area contributed by atoms with Gasteiger partial charge >= 0.3 is 13.7 Å². The number of rotatable bonds is 4. The number of aliphatic hydroxyl groups is 1. The minimum Gasteiger partial charge on any atom is -0.444 e. The van der Waals surface area contributed by atoms with Crippen LogP contribution in [0, 0.1) is 0 Å². The molecule has 1 saturated heterocycles. The molecule has 0 aliphatic carbocycles. The maximum absolute atomic E-state index is 12.2. The van der Waals surface area contributed by atoms with Gasteiger partial charge in [-0.3, -0.25) is 4.57 Å². The Bertz CT molecular complexity index is 386. The summed E-state index contributed by atoms with van der Waals surface area (Å²) < 4.78 is 27.1. The highest BCUT2D eigenvalue weighted by molar-refractivity contribution is 7.54. The fourth-order valence-corrected chi connectivity index (χ4v) is 3.46. The first kappa shape index (κ1) is 17.4. The average molecular weight is 309 g/mol. The maximum Gasteiger partial charge on any atom is 0.410 e. The third-order valence-corrected chi connectivity index (χ3v) is 5.11. The third kappa shape index (κ3) is 3.95. The van der Waals surface area contributed by atoms with E-state index in [9.17, 15) is 14.5 Å². The fraction of sp³-hybridized carbons (Fsp3) is 0.917. The number of carbonyl (C=O) groups excluding carboxylic acids is 1. The number of hydrogen-bond donors (Lipinski definition) is 1. The van der Waals surface area contributed by atoms with Gasteiger partial charge in [-0.1, -0.05) is 0 Å². The quantitative estimate of drug-likeness (QED) is 0.801. The lowest BCUT2D eigenvalue weighted by atomic mass is 10.2. The topological polar surface area (TPSA) is 85.3 Å². The van der Waals surface area contributed by atoms with Crippen molar-refractivity contribution >= 4 is 13.7 Å². The molecule has 1 aliphatic heterocycles. The van der Waals surface area contributed by atoms with Crippen molar-refractivity contribution < 1.29 is 28.3 Å². The minimum atomic E-state index is -3.64. The lowest BCUT2D eigenvalue weighted by Gasteiger charge is -2.32. The lowest BCUT2D eigenvalue weighted by molar-refractivity contribution is 0.0117. The van der Waals surface area contributed by atoms with Crippen molar-refractivity contribution in [2.75, 3.05) is 20.8 Å². The summed E-state index contributed by atoms with van der Waals surface area (Å²) in [4.78, 5) is 13.5. The SMILES string of the molecule is COP(=O)(OC)C(O)[C@@H]1CCCN1C(=O)OC(C)(C)C. The van der Waals surface area contributed by atoms with Gasteiger partial charge < -0.3 is 23.8 Å². The van der Waals surface area contributed by atoms with Gasteiger partial charge in [0, 0.05) is 20.8 Å². The molecule has 2 atom stereocenters. The summed E-state index contributed by atoms with van der Waals surface area (Å²) in [6.07, 6.45) is 0.698. The van der Waals surface area contributed by atoms with Crippen LogP contribution in [0.5, 0.6) is 0 Å². The van der Waals surface area contributed by atoms with E-state index >= 15 is 0 Å². The van der Waals surface area contributed by atoms with Crippen molar-refractivity contribution in [3.8, 4) is 0 Å². The van der Waals surface area contributed by atoms with Crippen LogP contribution in [0.15, 0.2) is 0 Å². The molecular formula is C12H24NO6P. The van der Waals surface area contributed by atoms with Crippen LogP contribution in [-0.4, -0.2) is 54.4 Å². The molecule has 1 heterocycles. The molecule has 118 valence electrons. The summed E-state index contributed by atoms with van der Waals surface area (Å²) in [5.41, 5.74) is -0.624. The number of likely N-dealkylation sites (tertiary alicyclic amines) is 1. The monoisotopic (exact) mass is 309 g/mol. The zero-order valence-electron chi connectivity index (χ0n) is 12.7. The Morgan fingerprint density at radius 3 is 2.35 bits per heavy atom. The van der Waals surface area contributed by atoms with E-state index < -0.39 is 31.2 Å². The van der Waals surface area contributed by atoms with Crippen molar-refractivity contribution in [3.05, 3.63) is 0 Å². The van der Waals surface area contributed by atoms with Gasteiger partial charge in [0.25, 0.3) is 0 Å². The highest BCUT2D eigenvalue weighted by Crippen LogP contribution is 2.53. The molecule has 1 fully saturated rings. The van der Waals surface area contributed by atoms with E-state index in [4.69, 9.17) is 13.8 Å². The standard InChI is InChI=1S/C12H24NO6P/c1-12(2,3)19-11(15)13-8-6-7-9(13)10(14)20(16,17-4)18-5/h9-10,14H,6-8H2,1-5H3/t9-,10?/m0/s1. The van der Waals surface area contributed by atoms with Crippen molar-refractivity contribution in [1.82, 2.24) is 4.90 Å². The average Bonchev–Trinajstić information content (AvgIpc) is 2.84. The van der Waals surface area contributed by atoms with Crippen LogP contribution in [0.3, 0.4) is 0 Å². The van der Waals surface area contributed by atoms with Gasteiger partial charge in [0.2, 0.25) is 0 Å². The molecule has 7 nitrogen and oxygen atoms in total. The second-order valence-corrected chi connectivity index (χ2v) is 8.04. The zero-order chi connectivity index (χ0) is 15.6.